The molecular weight excluding hydrogens is 319 g/mol. The Kier molecular flexibility index (Phi) is 11.0. The standard InChI is InChI=1S/C12H23O9P/c1-5-16-11(13)9-10(12(14)17-6-2)22(15,20-18-7-3)21-19-8-4/h10H,5-9H2,1-4H3. The molecule has 0 rings (SSSR count). The van der Waals surface area contributed by atoms with Crippen LogP contribution in [0, 0.1) is 0 Å². The number of esters is 2. The van der Waals surface area contributed by atoms with Crippen molar-refractivity contribution in [2.24, 2.45) is 0 Å². The van der Waals surface area contributed by atoms with Gasteiger partial charge in [-0.15, -0.1) is 9.35 Å². The molecular formula is C12H23O9P. The van der Waals surface area contributed by atoms with Crippen LogP contribution in [0.25, 0.3) is 0 Å². The molecule has 22 heavy (non-hydrogen) atoms. The first-order chi connectivity index (χ1) is 10.4. The van der Waals surface area contributed by atoms with Gasteiger partial charge in [0.25, 0.3) is 0 Å². The molecule has 0 aromatic rings. The molecule has 9 nitrogen and oxygen atoms in total. The topological polar surface area (TPSA) is 107 Å². The van der Waals surface area contributed by atoms with E-state index < -0.39 is 31.6 Å². The second kappa shape index (κ2) is 11.6. The molecule has 0 aliphatic heterocycles. The predicted octanol–water partition coefficient (Wildman–Crippen LogP) is 2.00. The molecule has 0 aliphatic rings. The van der Waals surface area contributed by atoms with Crippen LogP contribution in [0.2, 0.25) is 0 Å². The number of carbonyl (C=O) groups excluding carboxylic acids is 2. The maximum absolute atomic E-state index is 12.7. The summed E-state index contributed by atoms with van der Waals surface area (Å²) in [6, 6.07) is 0. The highest BCUT2D eigenvalue weighted by atomic mass is 31.2. The number of hydrogen-bond donors (Lipinski definition) is 0. The average molecular weight is 342 g/mol. The quantitative estimate of drug-likeness (QED) is 0.228. The van der Waals surface area contributed by atoms with E-state index in [1.54, 1.807) is 27.7 Å². The number of ether oxygens (including phenoxy) is 2. The summed E-state index contributed by atoms with van der Waals surface area (Å²) in [6.45, 7) is 6.56. The van der Waals surface area contributed by atoms with E-state index in [9.17, 15) is 14.2 Å². The molecule has 0 fully saturated rings. The molecule has 0 saturated carbocycles. The summed E-state index contributed by atoms with van der Waals surface area (Å²) < 4.78 is 31.6. The van der Waals surface area contributed by atoms with Gasteiger partial charge in [-0.1, -0.05) is 0 Å². The SMILES string of the molecule is CCOOP(=O)(OOCC)C(CC(=O)OCC)C(=O)OCC. The molecule has 10 heteroatoms. The minimum atomic E-state index is -4.25. The van der Waals surface area contributed by atoms with Gasteiger partial charge in [-0.3, -0.25) is 14.2 Å². The minimum absolute atomic E-state index is 0.0292. The normalized spacial score (nSPS) is 12.7. The van der Waals surface area contributed by atoms with Gasteiger partial charge in [0.1, 0.15) is 0 Å². The first-order valence-corrected chi connectivity index (χ1v) is 8.60. The monoisotopic (exact) mass is 342 g/mol. The fourth-order valence-electron chi connectivity index (χ4n) is 1.31. The molecule has 0 bridgehead atoms. The summed E-state index contributed by atoms with van der Waals surface area (Å²) in [5, 5.41) is 0. The Bertz CT molecular complexity index is 373. The summed E-state index contributed by atoms with van der Waals surface area (Å²) >= 11 is 0. The molecule has 0 aromatic heterocycles. The van der Waals surface area contributed by atoms with Crippen molar-refractivity contribution in [2.75, 3.05) is 26.4 Å². The average Bonchev–Trinajstić information content (AvgIpc) is 2.49. The molecule has 0 aliphatic carbocycles. The molecule has 0 radical (unpaired) electrons. The van der Waals surface area contributed by atoms with E-state index >= 15 is 0 Å². The Morgan fingerprint density at radius 2 is 1.36 bits per heavy atom. The van der Waals surface area contributed by atoms with E-state index in [2.05, 4.69) is 19.1 Å². The third-order valence-corrected chi connectivity index (χ3v) is 3.94. The largest absolute Gasteiger partial charge is 0.466 e. The zero-order chi connectivity index (χ0) is 17.0. The Hall–Kier alpha value is -0.990. The molecule has 0 saturated heterocycles. The van der Waals surface area contributed by atoms with Crippen molar-refractivity contribution in [3.05, 3.63) is 0 Å². The van der Waals surface area contributed by atoms with E-state index in [0.717, 1.165) is 0 Å². The molecule has 0 spiro atoms. The van der Waals surface area contributed by atoms with Crippen LogP contribution >= 0.6 is 7.60 Å². The Morgan fingerprint density at radius 3 is 1.77 bits per heavy atom. The lowest BCUT2D eigenvalue weighted by atomic mass is 10.3. The van der Waals surface area contributed by atoms with Gasteiger partial charge in [-0.25, -0.2) is 9.78 Å². The number of hydrogen-bond acceptors (Lipinski definition) is 9. The summed E-state index contributed by atoms with van der Waals surface area (Å²) in [7, 11) is -4.25. The van der Waals surface area contributed by atoms with Crippen LogP contribution < -0.4 is 0 Å². The maximum Gasteiger partial charge on any atom is 0.398 e. The zero-order valence-electron chi connectivity index (χ0n) is 13.2. The highest BCUT2D eigenvalue weighted by molar-refractivity contribution is 7.55. The van der Waals surface area contributed by atoms with Crippen molar-refractivity contribution in [2.45, 2.75) is 39.8 Å². The molecule has 0 heterocycles. The van der Waals surface area contributed by atoms with Crippen molar-refractivity contribution >= 4 is 19.5 Å². The predicted molar refractivity (Wildman–Crippen MR) is 74.7 cm³/mol. The van der Waals surface area contributed by atoms with Crippen LogP contribution in [0.4, 0.5) is 0 Å². The van der Waals surface area contributed by atoms with E-state index in [0.29, 0.717) is 0 Å². The van der Waals surface area contributed by atoms with Crippen molar-refractivity contribution < 1.29 is 42.8 Å². The van der Waals surface area contributed by atoms with E-state index in [-0.39, 0.29) is 26.4 Å². The fourth-order valence-corrected chi connectivity index (χ4v) is 2.75. The van der Waals surface area contributed by atoms with Gasteiger partial charge in [0.2, 0.25) is 0 Å². The Morgan fingerprint density at radius 1 is 0.864 bits per heavy atom. The van der Waals surface area contributed by atoms with Crippen LogP contribution in [0.15, 0.2) is 0 Å². The van der Waals surface area contributed by atoms with Gasteiger partial charge >= 0.3 is 19.5 Å². The van der Waals surface area contributed by atoms with E-state index in [1.807, 2.05) is 0 Å². The Balaban J connectivity index is 5.27. The van der Waals surface area contributed by atoms with Gasteiger partial charge < -0.3 is 9.47 Å². The maximum atomic E-state index is 12.7. The van der Waals surface area contributed by atoms with Gasteiger partial charge in [0.15, 0.2) is 5.66 Å². The van der Waals surface area contributed by atoms with Crippen molar-refractivity contribution in [1.82, 2.24) is 0 Å². The lowest BCUT2D eigenvalue weighted by molar-refractivity contribution is -0.264. The van der Waals surface area contributed by atoms with Crippen LogP contribution in [0.5, 0.6) is 0 Å². The molecule has 0 amide bonds. The fraction of sp³-hybridized carbons (Fsp3) is 0.833. The minimum Gasteiger partial charge on any atom is -0.466 e. The first-order valence-electron chi connectivity index (χ1n) is 6.99. The summed E-state index contributed by atoms with van der Waals surface area (Å²) in [5.41, 5.74) is -1.55. The van der Waals surface area contributed by atoms with Gasteiger partial charge in [-0.05, 0) is 27.7 Å². The van der Waals surface area contributed by atoms with Crippen molar-refractivity contribution in [3.63, 3.8) is 0 Å². The third-order valence-electron chi connectivity index (χ3n) is 2.15. The summed E-state index contributed by atoms with van der Waals surface area (Å²) in [4.78, 5) is 32.8. The molecule has 1 unspecified atom stereocenters. The molecule has 0 aromatic carbocycles. The molecule has 0 N–H and O–H groups in total. The molecule has 130 valence electrons. The van der Waals surface area contributed by atoms with E-state index in [1.165, 1.54) is 0 Å². The first kappa shape index (κ1) is 21.0. The van der Waals surface area contributed by atoms with Gasteiger partial charge in [0, 0.05) is 0 Å². The summed E-state index contributed by atoms with van der Waals surface area (Å²) in [6.07, 6.45) is -0.551. The third kappa shape index (κ3) is 7.33. The number of carbonyl (C=O) groups is 2. The molecule has 1 atom stereocenters. The zero-order valence-corrected chi connectivity index (χ0v) is 14.1. The lowest BCUT2D eigenvalue weighted by Crippen LogP contribution is -2.29. The van der Waals surface area contributed by atoms with Gasteiger partial charge in [0.05, 0.1) is 32.8 Å². The highest BCUT2D eigenvalue weighted by Crippen LogP contribution is 2.55. The second-order valence-electron chi connectivity index (χ2n) is 3.78. The summed E-state index contributed by atoms with van der Waals surface area (Å²) in [5.74, 6) is -1.68. The smallest absolute Gasteiger partial charge is 0.398 e. The second-order valence-corrected chi connectivity index (χ2v) is 5.78. The van der Waals surface area contributed by atoms with Crippen LogP contribution in [-0.2, 0) is 42.8 Å². The number of rotatable bonds is 12. The van der Waals surface area contributed by atoms with Crippen LogP contribution in [0.1, 0.15) is 34.1 Å². The lowest BCUT2D eigenvalue weighted by Gasteiger charge is -2.22. The highest BCUT2D eigenvalue weighted by Gasteiger charge is 2.47. The Labute approximate surface area is 129 Å². The van der Waals surface area contributed by atoms with Crippen molar-refractivity contribution in [1.29, 1.82) is 0 Å². The van der Waals surface area contributed by atoms with Crippen molar-refractivity contribution in [3.8, 4) is 0 Å². The van der Waals surface area contributed by atoms with Crippen LogP contribution in [-0.4, -0.2) is 44.0 Å². The van der Waals surface area contributed by atoms with Gasteiger partial charge in [-0.2, -0.15) is 0 Å². The van der Waals surface area contributed by atoms with Crippen LogP contribution in [0.3, 0.4) is 0 Å². The van der Waals surface area contributed by atoms with E-state index in [4.69, 9.17) is 9.47 Å².